The predicted octanol–water partition coefficient (Wildman–Crippen LogP) is 2.96. The number of hydrogen-bond donors (Lipinski definition) is 3. The van der Waals surface area contributed by atoms with Crippen LogP contribution < -0.4 is 30.7 Å². The molecule has 0 saturated carbocycles. The van der Waals surface area contributed by atoms with Crippen molar-refractivity contribution in [2.45, 2.75) is 32.2 Å². The Balaban J connectivity index is 1.58. The summed E-state index contributed by atoms with van der Waals surface area (Å²) in [5.74, 6) is -1.02. The van der Waals surface area contributed by atoms with Crippen LogP contribution in [0.25, 0.3) is 0 Å². The Labute approximate surface area is 203 Å². The molecule has 34 heavy (non-hydrogen) atoms. The second-order valence-corrected chi connectivity index (χ2v) is 8.52. The third kappa shape index (κ3) is 6.77. The molecule has 0 spiro atoms. The number of methoxy groups -OCH3 is 1. The highest BCUT2D eigenvalue weighted by atomic mass is 35.5. The van der Waals surface area contributed by atoms with Gasteiger partial charge in [-0.15, -0.1) is 0 Å². The van der Waals surface area contributed by atoms with Crippen molar-refractivity contribution in [3.05, 3.63) is 47.0 Å². The molecular formula is C24H29ClN4O5. The lowest BCUT2D eigenvalue weighted by Crippen LogP contribution is -2.35. The van der Waals surface area contributed by atoms with Crippen LogP contribution >= 0.6 is 11.6 Å². The summed E-state index contributed by atoms with van der Waals surface area (Å²) in [6, 6.07) is 10.2. The van der Waals surface area contributed by atoms with Gasteiger partial charge in [0.2, 0.25) is 5.91 Å². The number of carbonyl (C=O) groups excluding carboxylic acids is 3. The number of anilines is 2. The lowest BCUT2D eigenvalue weighted by atomic mass is 10.1. The van der Waals surface area contributed by atoms with Crippen LogP contribution in [0.15, 0.2) is 36.4 Å². The number of rotatable bonds is 10. The Morgan fingerprint density at radius 1 is 1.18 bits per heavy atom. The van der Waals surface area contributed by atoms with E-state index in [0.29, 0.717) is 0 Å². The normalized spacial score (nSPS) is 13.8. The van der Waals surface area contributed by atoms with E-state index in [1.54, 1.807) is 6.92 Å². The minimum absolute atomic E-state index is 0.0877. The van der Waals surface area contributed by atoms with Gasteiger partial charge in [-0.3, -0.25) is 14.4 Å². The molecule has 1 unspecified atom stereocenters. The molecule has 3 amide bonds. The Morgan fingerprint density at radius 3 is 2.59 bits per heavy atom. The zero-order chi connectivity index (χ0) is 24.7. The fraction of sp³-hybridized carbons (Fsp3) is 0.375. The third-order valence-corrected chi connectivity index (χ3v) is 5.60. The summed E-state index contributed by atoms with van der Waals surface area (Å²) in [6.07, 6.45) is 2.44. The largest absolute Gasteiger partial charge is 0.493 e. The van der Waals surface area contributed by atoms with E-state index in [2.05, 4.69) is 15.5 Å². The summed E-state index contributed by atoms with van der Waals surface area (Å²) in [5, 5.41) is 5.77. The minimum Gasteiger partial charge on any atom is -0.493 e. The highest BCUT2D eigenvalue weighted by Crippen LogP contribution is 2.36. The molecule has 0 radical (unpaired) electrons. The maximum Gasteiger partial charge on any atom is 0.255 e. The maximum absolute atomic E-state index is 12.7. The molecule has 1 heterocycles. The number of primary amides is 1. The standard InChI is InChI=1S/C24H29ClN4O5/c1-15(10-22(31)28-17-6-5-7-18(13-17)29-8-3-4-9-29)27-24(32)16-11-19(25)23(20(12-16)33-2)34-14-21(26)30/h5-7,11-13,15H,3-4,8-10,14H2,1-2H3,(H2,26,30)(H,27,32)(H,28,31). The van der Waals surface area contributed by atoms with Crippen molar-refractivity contribution < 1.29 is 23.9 Å². The van der Waals surface area contributed by atoms with Crippen LogP contribution in [0.4, 0.5) is 11.4 Å². The van der Waals surface area contributed by atoms with E-state index in [0.717, 1.165) is 24.5 Å². The lowest BCUT2D eigenvalue weighted by Gasteiger charge is -2.19. The fourth-order valence-corrected chi connectivity index (χ4v) is 4.00. The first kappa shape index (κ1) is 25.2. The van der Waals surface area contributed by atoms with Gasteiger partial charge in [0.25, 0.3) is 11.8 Å². The zero-order valence-electron chi connectivity index (χ0n) is 19.2. The molecular weight excluding hydrogens is 460 g/mol. The fourth-order valence-electron chi connectivity index (χ4n) is 3.74. The van der Waals surface area contributed by atoms with Gasteiger partial charge < -0.3 is 30.7 Å². The van der Waals surface area contributed by atoms with E-state index in [4.69, 9.17) is 26.8 Å². The van der Waals surface area contributed by atoms with Gasteiger partial charge in [-0.2, -0.15) is 0 Å². The van der Waals surface area contributed by atoms with Crippen LogP contribution in [0, 0.1) is 0 Å². The molecule has 10 heteroatoms. The number of hydrogen-bond acceptors (Lipinski definition) is 6. The number of nitrogens with two attached hydrogens (primary N) is 1. The van der Waals surface area contributed by atoms with Crippen molar-refractivity contribution in [1.82, 2.24) is 5.32 Å². The number of carbonyl (C=O) groups is 3. The molecule has 1 aliphatic rings. The van der Waals surface area contributed by atoms with E-state index in [1.807, 2.05) is 24.3 Å². The van der Waals surface area contributed by atoms with E-state index in [9.17, 15) is 14.4 Å². The Bertz CT molecular complexity index is 1060. The lowest BCUT2D eigenvalue weighted by molar-refractivity contribution is -0.120. The molecule has 1 fully saturated rings. The number of nitrogens with one attached hydrogen (secondary N) is 2. The molecule has 0 aromatic heterocycles. The zero-order valence-corrected chi connectivity index (χ0v) is 20.0. The van der Waals surface area contributed by atoms with Crippen LogP contribution in [-0.2, 0) is 9.59 Å². The van der Waals surface area contributed by atoms with Gasteiger partial charge >= 0.3 is 0 Å². The average Bonchev–Trinajstić information content (AvgIpc) is 3.32. The second kappa shape index (κ2) is 11.6. The number of amides is 3. The van der Waals surface area contributed by atoms with Crippen LogP contribution in [0.3, 0.4) is 0 Å². The monoisotopic (exact) mass is 488 g/mol. The molecule has 0 bridgehead atoms. The number of halogens is 1. The van der Waals surface area contributed by atoms with Crippen LogP contribution in [0.2, 0.25) is 5.02 Å². The van der Waals surface area contributed by atoms with Crippen molar-refractivity contribution in [3.8, 4) is 11.5 Å². The van der Waals surface area contributed by atoms with Crippen molar-refractivity contribution in [2.75, 3.05) is 37.0 Å². The van der Waals surface area contributed by atoms with Gasteiger partial charge in [0.05, 0.1) is 12.1 Å². The summed E-state index contributed by atoms with van der Waals surface area (Å²) in [7, 11) is 1.39. The number of ether oxygens (including phenoxy) is 2. The minimum atomic E-state index is -0.671. The summed E-state index contributed by atoms with van der Waals surface area (Å²) in [5.41, 5.74) is 7.12. The Kier molecular flexibility index (Phi) is 8.59. The topological polar surface area (TPSA) is 123 Å². The van der Waals surface area contributed by atoms with Crippen LogP contribution in [0.5, 0.6) is 11.5 Å². The number of benzene rings is 2. The molecule has 4 N–H and O–H groups in total. The van der Waals surface area contributed by atoms with Gasteiger partial charge in [-0.1, -0.05) is 17.7 Å². The summed E-state index contributed by atoms with van der Waals surface area (Å²) in [4.78, 5) is 38.5. The Hall–Kier alpha value is -3.46. The summed E-state index contributed by atoms with van der Waals surface area (Å²) in [6.45, 7) is 3.40. The van der Waals surface area contributed by atoms with Crippen molar-refractivity contribution >= 4 is 40.7 Å². The van der Waals surface area contributed by atoms with Gasteiger partial charge in [0.15, 0.2) is 18.1 Å². The Morgan fingerprint density at radius 2 is 1.91 bits per heavy atom. The van der Waals surface area contributed by atoms with E-state index < -0.39 is 17.9 Å². The number of nitrogens with zero attached hydrogens (tertiary/aromatic N) is 1. The van der Waals surface area contributed by atoms with E-state index in [1.165, 1.54) is 32.1 Å². The molecule has 182 valence electrons. The molecule has 2 aromatic rings. The first-order valence-electron chi connectivity index (χ1n) is 11.0. The van der Waals surface area contributed by atoms with E-state index >= 15 is 0 Å². The third-order valence-electron chi connectivity index (χ3n) is 5.32. The van der Waals surface area contributed by atoms with Crippen molar-refractivity contribution in [1.29, 1.82) is 0 Å². The van der Waals surface area contributed by atoms with Gasteiger partial charge in [0, 0.05) is 42.5 Å². The quantitative estimate of drug-likeness (QED) is 0.472. The predicted molar refractivity (Wildman–Crippen MR) is 131 cm³/mol. The van der Waals surface area contributed by atoms with E-state index in [-0.39, 0.29) is 41.0 Å². The highest BCUT2D eigenvalue weighted by Gasteiger charge is 2.19. The molecule has 1 aliphatic heterocycles. The van der Waals surface area contributed by atoms with Crippen molar-refractivity contribution in [2.24, 2.45) is 5.73 Å². The van der Waals surface area contributed by atoms with Gasteiger partial charge in [-0.05, 0) is 50.1 Å². The molecule has 2 aromatic carbocycles. The highest BCUT2D eigenvalue weighted by molar-refractivity contribution is 6.32. The average molecular weight is 489 g/mol. The maximum atomic E-state index is 12.7. The van der Waals surface area contributed by atoms with Gasteiger partial charge in [0.1, 0.15) is 0 Å². The molecule has 3 rings (SSSR count). The van der Waals surface area contributed by atoms with Gasteiger partial charge in [-0.25, -0.2) is 0 Å². The molecule has 0 aliphatic carbocycles. The summed E-state index contributed by atoms with van der Waals surface area (Å²) < 4.78 is 10.5. The first-order chi connectivity index (χ1) is 16.3. The SMILES string of the molecule is COc1cc(C(=O)NC(C)CC(=O)Nc2cccc(N3CCCC3)c2)cc(Cl)c1OCC(N)=O. The van der Waals surface area contributed by atoms with Crippen LogP contribution in [0.1, 0.15) is 36.5 Å². The van der Waals surface area contributed by atoms with Crippen molar-refractivity contribution in [3.63, 3.8) is 0 Å². The van der Waals surface area contributed by atoms with Crippen LogP contribution in [-0.4, -0.2) is 50.6 Å². The molecule has 9 nitrogen and oxygen atoms in total. The second-order valence-electron chi connectivity index (χ2n) is 8.12. The first-order valence-corrected chi connectivity index (χ1v) is 11.4. The summed E-state index contributed by atoms with van der Waals surface area (Å²) >= 11 is 6.21. The smallest absolute Gasteiger partial charge is 0.255 e. The molecule has 1 atom stereocenters. The molecule has 1 saturated heterocycles.